The van der Waals surface area contributed by atoms with Crippen LogP contribution in [0.2, 0.25) is 0 Å². The van der Waals surface area contributed by atoms with E-state index in [1.54, 1.807) is 12.4 Å². The molecule has 0 aliphatic rings. The predicted octanol–water partition coefficient (Wildman–Crippen LogP) is 2.10. The Kier molecular flexibility index (Phi) is 4.96. The van der Waals surface area contributed by atoms with Crippen LogP contribution >= 0.6 is 0 Å². The number of pyridine rings is 2. The average molecular weight is 495 g/mol. The molecule has 0 aliphatic heterocycles. The van der Waals surface area contributed by atoms with Crippen molar-refractivity contribution < 1.29 is 21.1 Å². The molecule has 0 unspecified atom stereocenters. The van der Waals surface area contributed by atoms with Gasteiger partial charge >= 0.3 is 21.1 Å². The predicted molar refractivity (Wildman–Crippen MR) is 84.4 cm³/mol. The monoisotopic (exact) mass is 495 g/mol. The van der Waals surface area contributed by atoms with E-state index < -0.39 is 0 Å². The summed E-state index contributed by atoms with van der Waals surface area (Å²) in [6.45, 7) is 0. The largest absolute Gasteiger partial charge is 2.00 e. The first-order valence-electron chi connectivity index (χ1n) is 7.20. The quantitative estimate of drug-likeness (QED) is 0.432. The van der Waals surface area contributed by atoms with Gasteiger partial charge in [0.15, 0.2) is 0 Å². The van der Waals surface area contributed by atoms with Crippen LogP contribution in [0.1, 0.15) is 11.4 Å². The Morgan fingerprint density at radius 3 is 1.58 bits per heavy atom. The van der Waals surface area contributed by atoms with Crippen molar-refractivity contribution >= 4 is 0 Å². The van der Waals surface area contributed by atoms with Crippen molar-refractivity contribution in [1.82, 2.24) is 30.4 Å². The third-order valence-corrected chi connectivity index (χ3v) is 3.43. The minimum atomic E-state index is 0. The van der Waals surface area contributed by atoms with E-state index in [0.29, 0.717) is 6.42 Å². The summed E-state index contributed by atoms with van der Waals surface area (Å²) in [4.78, 5) is 9.26. The molecule has 120 valence electrons. The molecule has 24 heavy (non-hydrogen) atoms. The van der Waals surface area contributed by atoms with Crippen LogP contribution in [-0.2, 0) is 27.5 Å². The van der Waals surface area contributed by atoms with Crippen molar-refractivity contribution in [3.63, 3.8) is 0 Å². The van der Waals surface area contributed by atoms with Gasteiger partial charge in [-0.25, -0.2) is 0 Å². The van der Waals surface area contributed by atoms with E-state index in [9.17, 15) is 0 Å². The van der Waals surface area contributed by atoms with Crippen LogP contribution in [0.15, 0.2) is 60.9 Å². The molecule has 0 bridgehead atoms. The molecule has 0 N–H and O–H groups in total. The van der Waals surface area contributed by atoms with E-state index in [1.165, 1.54) is 0 Å². The first-order chi connectivity index (χ1) is 11.4. The fraction of sp³-hybridized carbons (Fsp3) is 0.0588. The topological polar surface area (TPSA) is 79.8 Å². The molecule has 0 atom stereocenters. The molecule has 0 spiro atoms. The summed E-state index contributed by atoms with van der Waals surface area (Å²) in [6.07, 6.45) is 3.97. The van der Waals surface area contributed by atoms with Crippen molar-refractivity contribution in [2.24, 2.45) is 0 Å². The Morgan fingerprint density at radius 2 is 1.17 bits per heavy atom. The van der Waals surface area contributed by atoms with Crippen LogP contribution in [0, 0.1) is 0 Å². The maximum Gasteiger partial charge on any atom is 2.00 e. The SMILES string of the molecule is [Pt+2].c1cc(Cc2cccc(-c3ccn[n-]3)n2)nc(-c2ccn[n-]2)c1. The zero-order valence-electron chi connectivity index (χ0n) is 12.5. The molecule has 4 aromatic heterocycles. The van der Waals surface area contributed by atoms with E-state index in [1.807, 2.05) is 48.5 Å². The number of rotatable bonds is 4. The smallest absolute Gasteiger partial charge is 0.574 e. The fourth-order valence-corrected chi connectivity index (χ4v) is 2.37. The average Bonchev–Trinajstić information content (AvgIpc) is 3.29. The first kappa shape index (κ1) is 16.3. The number of hydrogen-bond acceptors (Lipinski definition) is 4. The third kappa shape index (κ3) is 3.49. The van der Waals surface area contributed by atoms with Gasteiger partial charge in [0.1, 0.15) is 0 Å². The summed E-state index contributed by atoms with van der Waals surface area (Å²) in [6, 6.07) is 15.5. The summed E-state index contributed by atoms with van der Waals surface area (Å²) in [5, 5.41) is 15.8. The zero-order chi connectivity index (χ0) is 15.5. The molecule has 0 aliphatic carbocycles. The van der Waals surface area contributed by atoms with E-state index in [0.717, 1.165) is 34.2 Å². The maximum absolute atomic E-state index is 4.63. The Bertz CT molecular complexity index is 827. The van der Waals surface area contributed by atoms with Crippen LogP contribution < -0.4 is 10.2 Å². The van der Waals surface area contributed by atoms with Gasteiger partial charge in [-0.3, -0.25) is 9.97 Å². The molecule has 0 aromatic carbocycles. The van der Waals surface area contributed by atoms with Crippen molar-refractivity contribution in [3.05, 3.63) is 72.3 Å². The standard InChI is InChI=1S/C17H12N6.Pt/c1-3-12(20-14(5-1)16-7-9-18-22-16)11-13-4-2-6-15(21-13)17-8-10-19-23-17;/h1-10H,11H2;/q-2;+2. The summed E-state index contributed by atoms with van der Waals surface area (Å²) < 4.78 is 0. The van der Waals surface area contributed by atoms with Gasteiger partial charge in [-0.2, -0.15) is 0 Å². The van der Waals surface area contributed by atoms with E-state index in [-0.39, 0.29) is 21.1 Å². The van der Waals surface area contributed by atoms with Crippen LogP contribution in [0.5, 0.6) is 0 Å². The second-order valence-electron chi connectivity index (χ2n) is 5.04. The summed E-state index contributed by atoms with van der Waals surface area (Å²) in [7, 11) is 0. The normalized spacial score (nSPS) is 10.3. The molecule has 4 aromatic rings. The molecule has 0 saturated carbocycles. The Morgan fingerprint density at radius 1 is 0.667 bits per heavy atom. The van der Waals surface area contributed by atoms with Crippen molar-refractivity contribution in [2.45, 2.75) is 6.42 Å². The van der Waals surface area contributed by atoms with Gasteiger partial charge in [0.05, 0.1) is 0 Å². The molecule has 0 radical (unpaired) electrons. The van der Waals surface area contributed by atoms with Gasteiger partial charge in [-0.15, -0.1) is 0 Å². The van der Waals surface area contributed by atoms with Gasteiger partial charge in [0.2, 0.25) is 0 Å². The van der Waals surface area contributed by atoms with Gasteiger partial charge in [-0.05, 0) is 24.3 Å². The molecule has 6 nitrogen and oxygen atoms in total. The van der Waals surface area contributed by atoms with E-state index in [2.05, 4.69) is 30.4 Å². The van der Waals surface area contributed by atoms with Gasteiger partial charge in [-0.1, -0.05) is 35.7 Å². The zero-order valence-corrected chi connectivity index (χ0v) is 14.8. The molecular formula is C17H12N6Pt. The molecule has 4 heterocycles. The van der Waals surface area contributed by atoms with Gasteiger partial charge in [0.25, 0.3) is 0 Å². The molecule has 7 heteroatoms. The number of hydrogen-bond donors (Lipinski definition) is 0. The summed E-state index contributed by atoms with van der Waals surface area (Å²) >= 11 is 0. The van der Waals surface area contributed by atoms with Crippen molar-refractivity contribution in [3.8, 4) is 22.8 Å². The number of nitrogens with zero attached hydrogens (tertiary/aromatic N) is 6. The molecule has 0 fully saturated rings. The minimum Gasteiger partial charge on any atom is -0.574 e. The van der Waals surface area contributed by atoms with Crippen LogP contribution in [0.3, 0.4) is 0 Å². The molecular weight excluding hydrogens is 483 g/mol. The minimum absolute atomic E-state index is 0. The summed E-state index contributed by atoms with van der Waals surface area (Å²) in [5.41, 5.74) is 5.06. The first-order valence-corrected chi connectivity index (χ1v) is 7.20. The van der Waals surface area contributed by atoms with E-state index in [4.69, 9.17) is 0 Å². The Hall–Kier alpha value is -2.59. The Balaban J connectivity index is 0.00000169. The Labute approximate surface area is 153 Å². The van der Waals surface area contributed by atoms with Crippen molar-refractivity contribution in [2.75, 3.05) is 0 Å². The van der Waals surface area contributed by atoms with Crippen LogP contribution in [0.4, 0.5) is 0 Å². The second-order valence-corrected chi connectivity index (χ2v) is 5.04. The second kappa shape index (κ2) is 7.32. The fourth-order valence-electron chi connectivity index (χ4n) is 2.37. The third-order valence-electron chi connectivity index (χ3n) is 3.43. The number of aromatic nitrogens is 6. The summed E-state index contributed by atoms with van der Waals surface area (Å²) in [5.74, 6) is 0. The van der Waals surface area contributed by atoms with Gasteiger partial charge < -0.3 is 20.4 Å². The molecule has 0 amide bonds. The molecule has 0 saturated heterocycles. The van der Waals surface area contributed by atoms with Gasteiger partial charge in [0, 0.05) is 41.6 Å². The molecule has 4 rings (SSSR count). The van der Waals surface area contributed by atoms with Crippen LogP contribution in [-0.4, -0.2) is 20.2 Å². The van der Waals surface area contributed by atoms with E-state index >= 15 is 0 Å². The van der Waals surface area contributed by atoms with Crippen molar-refractivity contribution in [1.29, 1.82) is 0 Å². The maximum atomic E-state index is 4.63. The van der Waals surface area contributed by atoms with Crippen LogP contribution in [0.25, 0.3) is 22.8 Å².